The number of ether oxygens (including phenoxy) is 2. The van der Waals surface area contributed by atoms with E-state index in [0.29, 0.717) is 12.5 Å². The molecular weight excluding hydrogens is 332 g/mol. The van der Waals surface area contributed by atoms with Gasteiger partial charge in [0, 0.05) is 39.3 Å². The van der Waals surface area contributed by atoms with Crippen molar-refractivity contribution in [2.45, 2.75) is 46.1 Å². The molecule has 8 nitrogen and oxygen atoms in total. The standard InChI is InChI=1S/C18H34N6O2/c1-4-5-8-19-18(21-12-17-23-22-15(2)24(17)3)20-9-6-10-25-13-16-7-11-26-14-16/h16H,4-14H2,1-3H3,(H2,19,20,21). The van der Waals surface area contributed by atoms with E-state index in [1.54, 1.807) is 0 Å². The third-order valence-corrected chi connectivity index (χ3v) is 4.52. The van der Waals surface area contributed by atoms with Crippen LogP contribution in [0.1, 0.15) is 44.3 Å². The van der Waals surface area contributed by atoms with Crippen LogP contribution in [-0.2, 0) is 23.1 Å². The van der Waals surface area contributed by atoms with E-state index in [4.69, 9.17) is 9.47 Å². The van der Waals surface area contributed by atoms with Gasteiger partial charge >= 0.3 is 0 Å². The van der Waals surface area contributed by atoms with Crippen molar-refractivity contribution in [3.63, 3.8) is 0 Å². The average Bonchev–Trinajstić information content (AvgIpc) is 3.27. The number of rotatable bonds is 11. The second-order valence-electron chi connectivity index (χ2n) is 6.75. The molecule has 1 saturated heterocycles. The molecule has 0 radical (unpaired) electrons. The Kier molecular flexibility index (Phi) is 9.41. The van der Waals surface area contributed by atoms with Gasteiger partial charge in [-0.05, 0) is 26.2 Å². The fourth-order valence-corrected chi connectivity index (χ4v) is 2.64. The maximum Gasteiger partial charge on any atom is 0.191 e. The van der Waals surface area contributed by atoms with Crippen LogP contribution in [-0.4, -0.2) is 60.2 Å². The van der Waals surface area contributed by atoms with Crippen LogP contribution in [0.2, 0.25) is 0 Å². The second kappa shape index (κ2) is 11.9. The first-order chi connectivity index (χ1) is 12.7. The molecule has 1 unspecified atom stereocenters. The van der Waals surface area contributed by atoms with Crippen LogP contribution < -0.4 is 10.6 Å². The molecule has 1 aromatic rings. The maximum atomic E-state index is 5.74. The van der Waals surface area contributed by atoms with Crippen molar-refractivity contribution < 1.29 is 9.47 Å². The molecule has 2 heterocycles. The Morgan fingerprint density at radius 3 is 2.77 bits per heavy atom. The largest absolute Gasteiger partial charge is 0.381 e. The molecule has 0 bridgehead atoms. The summed E-state index contributed by atoms with van der Waals surface area (Å²) in [6.07, 6.45) is 4.35. The smallest absolute Gasteiger partial charge is 0.191 e. The molecule has 148 valence electrons. The lowest BCUT2D eigenvalue weighted by Crippen LogP contribution is -2.38. The zero-order chi connectivity index (χ0) is 18.6. The monoisotopic (exact) mass is 366 g/mol. The van der Waals surface area contributed by atoms with Crippen LogP contribution in [0.5, 0.6) is 0 Å². The quantitative estimate of drug-likeness (QED) is 0.350. The molecule has 0 aliphatic carbocycles. The lowest BCUT2D eigenvalue weighted by molar-refractivity contribution is 0.0888. The summed E-state index contributed by atoms with van der Waals surface area (Å²) in [7, 11) is 1.96. The molecular formula is C18H34N6O2. The highest BCUT2D eigenvalue weighted by Crippen LogP contribution is 2.12. The number of aliphatic imine (C=N–C) groups is 1. The summed E-state index contributed by atoms with van der Waals surface area (Å²) >= 11 is 0. The van der Waals surface area contributed by atoms with Crippen molar-refractivity contribution in [2.75, 3.05) is 39.5 Å². The van der Waals surface area contributed by atoms with Gasteiger partial charge in [0.2, 0.25) is 0 Å². The first-order valence-electron chi connectivity index (χ1n) is 9.73. The molecule has 1 aliphatic rings. The molecule has 8 heteroatoms. The topological polar surface area (TPSA) is 85.6 Å². The molecule has 1 aromatic heterocycles. The highest BCUT2D eigenvalue weighted by molar-refractivity contribution is 5.79. The molecule has 1 aliphatic heterocycles. The van der Waals surface area contributed by atoms with E-state index in [1.165, 1.54) is 0 Å². The first kappa shape index (κ1) is 20.6. The Morgan fingerprint density at radius 1 is 1.31 bits per heavy atom. The number of hydrogen-bond donors (Lipinski definition) is 2. The molecule has 1 fully saturated rings. The lowest BCUT2D eigenvalue weighted by atomic mass is 10.1. The minimum Gasteiger partial charge on any atom is -0.381 e. The molecule has 1 atom stereocenters. The summed E-state index contributed by atoms with van der Waals surface area (Å²) < 4.78 is 13.1. The molecule has 2 rings (SSSR count). The van der Waals surface area contributed by atoms with Gasteiger partial charge in [0.1, 0.15) is 12.4 Å². The van der Waals surface area contributed by atoms with E-state index in [-0.39, 0.29) is 0 Å². The second-order valence-corrected chi connectivity index (χ2v) is 6.75. The van der Waals surface area contributed by atoms with Gasteiger partial charge in [0.15, 0.2) is 11.8 Å². The first-order valence-corrected chi connectivity index (χ1v) is 9.73. The summed E-state index contributed by atoms with van der Waals surface area (Å²) in [4.78, 5) is 4.63. The van der Waals surface area contributed by atoms with Gasteiger partial charge in [0.25, 0.3) is 0 Å². The zero-order valence-corrected chi connectivity index (χ0v) is 16.5. The van der Waals surface area contributed by atoms with Gasteiger partial charge < -0.3 is 24.7 Å². The third-order valence-electron chi connectivity index (χ3n) is 4.52. The van der Waals surface area contributed by atoms with Crippen LogP contribution in [0.3, 0.4) is 0 Å². The minimum absolute atomic E-state index is 0.511. The Bertz CT molecular complexity index is 540. The van der Waals surface area contributed by atoms with E-state index < -0.39 is 0 Å². The number of nitrogens with one attached hydrogen (secondary N) is 2. The van der Waals surface area contributed by atoms with Crippen LogP contribution >= 0.6 is 0 Å². The van der Waals surface area contributed by atoms with Crippen molar-refractivity contribution in [2.24, 2.45) is 18.0 Å². The predicted molar refractivity (Wildman–Crippen MR) is 102 cm³/mol. The summed E-state index contributed by atoms with van der Waals surface area (Å²) in [5.41, 5.74) is 0. The number of guanidine groups is 1. The van der Waals surface area contributed by atoms with Gasteiger partial charge in [-0.15, -0.1) is 10.2 Å². The molecule has 2 N–H and O–H groups in total. The highest BCUT2D eigenvalue weighted by atomic mass is 16.5. The van der Waals surface area contributed by atoms with Crippen molar-refractivity contribution in [3.05, 3.63) is 11.6 Å². The molecule has 0 amide bonds. The van der Waals surface area contributed by atoms with E-state index >= 15 is 0 Å². The fourth-order valence-electron chi connectivity index (χ4n) is 2.64. The fraction of sp³-hybridized carbons (Fsp3) is 0.833. The Hall–Kier alpha value is -1.67. The zero-order valence-electron chi connectivity index (χ0n) is 16.5. The Morgan fingerprint density at radius 2 is 2.12 bits per heavy atom. The van der Waals surface area contributed by atoms with Crippen molar-refractivity contribution >= 4 is 5.96 Å². The van der Waals surface area contributed by atoms with Gasteiger partial charge in [-0.2, -0.15) is 0 Å². The predicted octanol–water partition coefficient (Wildman–Crippen LogP) is 1.40. The van der Waals surface area contributed by atoms with Crippen LogP contribution in [0, 0.1) is 12.8 Å². The van der Waals surface area contributed by atoms with Crippen LogP contribution in [0.25, 0.3) is 0 Å². The maximum absolute atomic E-state index is 5.74. The molecule has 26 heavy (non-hydrogen) atoms. The molecule has 0 saturated carbocycles. The number of aryl methyl sites for hydroxylation is 1. The SMILES string of the molecule is CCCCNC(=NCc1nnc(C)n1C)NCCCOCC1CCOC1. The van der Waals surface area contributed by atoms with Crippen LogP contribution in [0.15, 0.2) is 4.99 Å². The number of unbranched alkanes of at least 4 members (excludes halogenated alkanes) is 1. The summed E-state index contributed by atoms with van der Waals surface area (Å²) in [5.74, 6) is 3.16. The average molecular weight is 367 g/mol. The number of hydrogen-bond acceptors (Lipinski definition) is 5. The van der Waals surface area contributed by atoms with E-state index in [9.17, 15) is 0 Å². The highest BCUT2D eigenvalue weighted by Gasteiger charge is 2.15. The summed E-state index contributed by atoms with van der Waals surface area (Å²) in [6, 6.07) is 0. The minimum atomic E-state index is 0.511. The molecule has 0 aromatic carbocycles. The lowest BCUT2D eigenvalue weighted by Gasteiger charge is -2.13. The number of aromatic nitrogens is 3. The third kappa shape index (κ3) is 7.29. The summed E-state index contributed by atoms with van der Waals surface area (Å²) in [5, 5.41) is 15.0. The normalized spacial score (nSPS) is 17.7. The Labute approximate surface area is 156 Å². The van der Waals surface area contributed by atoms with E-state index in [1.807, 2.05) is 18.5 Å². The van der Waals surface area contributed by atoms with Crippen LogP contribution in [0.4, 0.5) is 0 Å². The van der Waals surface area contributed by atoms with Gasteiger partial charge in [-0.3, -0.25) is 0 Å². The van der Waals surface area contributed by atoms with Crippen molar-refractivity contribution in [1.82, 2.24) is 25.4 Å². The Balaban J connectivity index is 1.69. The van der Waals surface area contributed by atoms with Gasteiger partial charge in [-0.1, -0.05) is 13.3 Å². The van der Waals surface area contributed by atoms with Crippen molar-refractivity contribution in [3.8, 4) is 0 Å². The summed E-state index contributed by atoms with van der Waals surface area (Å²) in [6.45, 7) is 9.67. The van der Waals surface area contributed by atoms with E-state index in [2.05, 4.69) is 32.7 Å². The van der Waals surface area contributed by atoms with E-state index in [0.717, 1.165) is 82.8 Å². The van der Waals surface area contributed by atoms with Gasteiger partial charge in [-0.25, -0.2) is 4.99 Å². The number of nitrogens with zero attached hydrogens (tertiary/aromatic N) is 4. The molecule has 0 spiro atoms. The van der Waals surface area contributed by atoms with Gasteiger partial charge in [0.05, 0.1) is 13.2 Å². The van der Waals surface area contributed by atoms with Crippen molar-refractivity contribution in [1.29, 1.82) is 0 Å².